The van der Waals surface area contributed by atoms with Crippen LogP contribution in [0, 0.1) is 0 Å². The summed E-state index contributed by atoms with van der Waals surface area (Å²) in [5.41, 5.74) is 0. The van der Waals surface area contributed by atoms with Gasteiger partial charge in [-0.2, -0.15) is 4.98 Å². The maximum absolute atomic E-state index is 10.4. The lowest BCUT2D eigenvalue weighted by Gasteiger charge is -2.30. The number of hydrogen-bond donors (Lipinski definition) is 1. The zero-order valence-corrected chi connectivity index (χ0v) is 11.0. The molecule has 1 fully saturated rings. The van der Waals surface area contributed by atoms with Crippen LogP contribution < -0.4 is 0 Å². The lowest BCUT2D eigenvalue weighted by atomic mass is 10.1. The fourth-order valence-corrected chi connectivity index (χ4v) is 2.11. The van der Waals surface area contributed by atoms with Gasteiger partial charge in [-0.25, -0.2) is 4.79 Å². The molecular weight excluding hydrogens is 250 g/mol. The third kappa shape index (κ3) is 4.29. The Morgan fingerprint density at radius 2 is 2.26 bits per heavy atom. The van der Waals surface area contributed by atoms with E-state index in [2.05, 4.69) is 15.0 Å². The molecule has 1 aromatic rings. The summed E-state index contributed by atoms with van der Waals surface area (Å²) in [6.07, 6.45) is 2.49. The van der Waals surface area contributed by atoms with E-state index in [4.69, 9.17) is 14.4 Å². The summed E-state index contributed by atoms with van der Waals surface area (Å²) in [6, 6.07) is 0. The van der Waals surface area contributed by atoms with Crippen molar-refractivity contribution in [3.05, 3.63) is 11.7 Å². The Morgan fingerprint density at radius 3 is 2.84 bits per heavy atom. The van der Waals surface area contributed by atoms with Gasteiger partial charge in [0.15, 0.2) is 5.82 Å². The monoisotopic (exact) mass is 269 g/mol. The summed E-state index contributed by atoms with van der Waals surface area (Å²) in [5.74, 6) is 0.455. The molecule has 106 valence electrons. The lowest BCUT2D eigenvalue weighted by Crippen LogP contribution is -2.37. The van der Waals surface area contributed by atoms with E-state index in [1.165, 1.54) is 0 Å². The third-order valence-corrected chi connectivity index (χ3v) is 3.16. The van der Waals surface area contributed by atoms with Crippen molar-refractivity contribution in [2.24, 2.45) is 0 Å². The van der Waals surface area contributed by atoms with E-state index in [0.717, 1.165) is 38.2 Å². The van der Waals surface area contributed by atoms with Crippen molar-refractivity contribution >= 4 is 5.97 Å². The molecule has 19 heavy (non-hydrogen) atoms. The van der Waals surface area contributed by atoms with Gasteiger partial charge in [0.25, 0.3) is 0 Å². The predicted molar refractivity (Wildman–Crippen MR) is 65.6 cm³/mol. The Balaban J connectivity index is 1.72. The number of hydrogen-bond acceptors (Lipinski definition) is 6. The highest BCUT2D eigenvalue weighted by Crippen LogP contribution is 2.15. The normalized spacial score (nSPS) is 17.7. The smallest absolute Gasteiger partial charge is 0.329 e. The van der Waals surface area contributed by atoms with E-state index in [1.54, 1.807) is 0 Å². The minimum Gasteiger partial charge on any atom is -0.480 e. The average molecular weight is 269 g/mol. The topological polar surface area (TPSA) is 88.7 Å². The van der Waals surface area contributed by atoms with Crippen molar-refractivity contribution in [1.82, 2.24) is 15.0 Å². The van der Waals surface area contributed by atoms with Crippen molar-refractivity contribution in [3.63, 3.8) is 0 Å². The number of aryl methyl sites for hydroxylation is 1. The first-order chi connectivity index (χ1) is 9.17. The van der Waals surface area contributed by atoms with Crippen molar-refractivity contribution in [1.29, 1.82) is 0 Å². The van der Waals surface area contributed by atoms with Crippen LogP contribution >= 0.6 is 0 Å². The maximum atomic E-state index is 10.4. The van der Waals surface area contributed by atoms with E-state index < -0.39 is 5.97 Å². The van der Waals surface area contributed by atoms with Crippen LogP contribution in [0.1, 0.15) is 31.5 Å². The standard InChI is InChI=1S/C12H19N3O4/c1-2-10-13-11(19-14-10)7-15-5-3-9(4-6-15)18-8-12(16)17/h9H,2-8H2,1H3,(H,16,17). The summed E-state index contributed by atoms with van der Waals surface area (Å²) in [6.45, 7) is 4.13. The fraction of sp³-hybridized carbons (Fsp3) is 0.750. The van der Waals surface area contributed by atoms with Crippen LogP contribution in [0.2, 0.25) is 0 Å². The zero-order chi connectivity index (χ0) is 13.7. The molecule has 2 heterocycles. The number of aliphatic carboxylic acids is 1. The Bertz CT molecular complexity index is 413. The van der Waals surface area contributed by atoms with Crippen molar-refractivity contribution < 1.29 is 19.2 Å². The molecule has 0 atom stereocenters. The molecule has 1 aliphatic heterocycles. The number of aromatic nitrogens is 2. The minimum atomic E-state index is -0.916. The van der Waals surface area contributed by atoms with Crippen molar-refractivity contribution in [2.45, 2.75) is 38.8 Å². The molecule has 1 aromatic heterocycles. The predicted octanol–water partition coefficient (Wildman–Crippen LogP) is 0.698. The second-order valence-corrected chi connectivity index (χ2v) is 4.64. The van der Waals surface area contributed by atoms with Gasteiger partial charge in [0.05, 0.1) is 12.6 Å². The molecule has 7 nitrogen and oxygen atoms in total. The summed E-state index contributed by atoms with van der Waals surface area (Å²) in [7, 11) is 0. The second kappa shape index (κ2) is 6.63. The quantitative estimate of drug-likeness (QED) is 0.813. The molecule has 0 bridgehead atoms. The number of carboxylic acids is 1. The van der Waals surface area contributed by atoms with Gasteiger partial charge in [-0.05, 0) is 12.8 Å². The Hall–Kier alpha value is -1.47. The molecule has 1 N–H and O–H groups in total. The van der Waals surface area contributed by atoms with Gasteiger partial charge in [-0.3, -0.25) is 4.90 Å². The number of piperidine rings is 1. The lowest BCUT2D eigenvalue weighted by molar-refractivity contribution is -0.145. The molecule has 0 radical (unpaired) electrons. The summed E-state index contributed by atoms with van der Waals surface area (Å²) in [4.78, 5) is 16.9. The number of carboxylic acid groups (broad SMARTS) is 1. The number of rotatable bonds is 6. The number of ether oxygens (including phenoxy) is 1. The first kappa shape index (κ1) is 14.0. The van der Waals surface area contributed by atoms with Crippen LogP contribution in [-0.4, -0.2) is 51.9 Å². The van der Waals surface area contributed by atoms with Crippen LogP contribution in [0.15, 0.2) is 4.52 Å². The van der Waals surface area contributed by atoms with Gasteiger partial charge in [-0.15, -0.1) is 0 Å². The first-order valence-electron chi connectivity index (χ1n) is 6.54. The molecule has 7 heteroatoms. The summed E-state index contributed by atoms with van der Waals surface area (Å²) in [5, 5.41) is 12.4. The Kier molecular flexibility index (Phi) is 4.86. The minimum absolute atomic E-state index is 0.0428. The number of carbonyl (C=O) groups is 1. The van der Waals surface area contributed by atoms with Crippen molar-refractivity contribution in [2.75, 3.05) is 19.7 Å². The number of nitrogens with zero attached hydrogens (tertiary/aromatic N) is 3. The van der Waals surface area contributed by atoms with E-state index in [1.807, 2.05) is 6.92 Å². The molecule has 0 aliphatic carbocycles. The van der Waals surface area contributed by atoms with Gasteiger partial charge < -0.3 is 14.4 Å². The molecule has 1 aliphatic rings. The van der Waals surface area contributed by atoms with Gasteiger partial charge in [0, 0.05) is 19.5 Å². The molecule has 0 aromatic carbocycles. The van der Waals surface area contributed by atoms with Crippen LogP contribution in [-0.2, 0) is 22.5 Å². The first-order valence-corrected chi connectivity index (χ1v) is 6.54. The van der Waals surface area contributed by atoms with Crippen LogP contribution in [0.5, 0.6) is 0 Å². The molecule has 0 unspecified atom stereocenters. The van der Waals surface area contributed by atoms with E-state index in [0.29, 0.717) is 12.4 Å². The van der Waals surface area contributed by atoms with Gasteiger partial charge in [0.1, 0.15) is 6.61 Å². The van der Waals surface area contributed by atoms with Gasteiger partial charge in [0.2, 0.25) is 5.89 Å². The fourth-order valence-electron chi connectivity index (χ4n) is 2.11. The maximum Gasteiger partial charge on any atom is 0.329 e. The second-order valence-electron chi connectivity index (χ2n) is 4.64. The van der Waals surface area contributed by atoms with Crippen LogP contribution in [0.3, 0.4) is 0 Å². The summed E-state index contributed by atoms with van der Waals surface area (Å²) < 4.78 is 10.4. The Labute approximate surface area is 111 Å². The molecule has 1 saturated heterocycles. The Morgan fingerprint density at radius 1 is 1.53 bits per heavy atom. The van der Waals surface area contributed by atoms with Gasteiger partial charge in [-0.1, -0.05) is 12.1 Å². The third-order valence-electron chi connectivity index (χ3n) is 3.16. The van der Waals surface area contributed by atoms with Crippen LogP contribution in [0.4, 0.5) is 0 Å². The number of likely N-dealkylation sites (tertiary alicyclic amines) is 1. The van der Waals surface area contributed by atoms with E-state index >= 15 is 0 Å². The van der Waals surface area contributed by atoms with Crippen LogP contribution in [0.25, 0.3) is 0 Å². The molecular formula is C12H19N3O4. The van der Waals surface area contributed by atoms with E-state index in [-0.39, 0.29) is 12.7 Å². The molecule has 2 rings (SSSR count). The zero-order valence-electron chi connectivity index (χ0n) is 11.0. The average Bonchev–Trinajstić information content (AvgIpc) is 2.85. The van der Waals surface area contributed by atoms with Crippen molar-refractivity contribution in [3.8, 4) is 0 Å². The molecule has 0 amide bonds. The summed E-state index contributed by atoms with van der Waals surface area (Å²) >= 11 is 0. The largest absolute Gasteiger partial charge is 0.480 e. The highest BCUT2D eigenvalue weighted by atomic mass is 16.5. The molecule has 0 spiro atoms. The SMILES string of the molecule is CCc1noc(CN2CCC(OCC(=O)O)CC2)n1. The molecule has 0 saturated carbocycles. The van der Waals surface area contributed by atoms with E-state index in [9.17, 15) is 4.79 Å². The van der Waals surface area contributed by atoms with Gasteiger partial charge >= 0.3 is 5.97 Å². The highest BCUT2D eigenvalue weighted by molar-refractivity contribution is 5.68. The highest BCUT2D eigenvalue weighted by Gasteiger charge is 2.21.